The standard InChI is InChI=1S/C18H22N6O6/c25-7-10-6-19-15-12(21-10)16(29)22-18(20-9-23-4-2-1-3-5-23)24(15)17-14(28)13(27)11(8-26)30-17/h6-7,9,11,13-14,17,26-28H,1-5,8H2/b20-9+/t11-,13-,14-,17-/m1/s1. The molecule has 4 atom stereocenters. The Morgan fingerprint density at radius 2 is 1.97 bits per heavy atom. The first-order valence-electron chi connectivity index (χ1n) is 9.68. The molecule has 0 spiro atoms. The number of ether oxygens (including phenoxy) is 1. The number of aromatic nitrogens is 4. The number of aliphatic hydroxyl groups is 3. The minimum absolute atomic E-state index is 0.0127. The molecule has 2 aliphatic rings. The van der Waals surface area contributed by atoms with Crippen molar-refractivity contribution < 1.29 is 24.9 Å². The number of nitrogens with zero attached hydrogens (tertiary/aromatic N) is 6. The van der Waals surface area contributed by atoms with Crippen molar-refractivity contribution in [2.45, 2.75) is 43.8 Å². The van der Waals surface area contributed by atoms with Crippen molar-refractivity contribution >= 4 is 29.7 Å². The van der Waals surface area contributed by atoms with Crippen LogP contribution >= 0.6 is 0 Å². The van der Waals surface area contributed by atoms with Gasteiger partial charge in [-0.2, -0.15) is 4.98 Å². The van der Waals surface area contributed by atoms with Gasteiger partial charge in [-0.1, -0.05) is 0 Å². The number of piperidine rings is 1. The summed E-state index contributed by atoms with van der Waals surface area (Å²) in [7, 11) is 0. The molecule has 12 nitrogen and oxygen atoms in total. The molecule has 0 amide bonds. The molecule has 0 radical (unpaired) electrons. The second-order valence-corrected chi connectivity index (χ2v) is 7.24. The molecule has 2 aromatic rings. The van der Waals surface area contributed by atoms with Crippen molar-refractivity contribution in [2.75, 3.05) is 19.7 Å². The van der Waals surface area contributed by atoms with Crippen molar-refractivity contribution in [3.8, 4) is 0 Å². The first-order chi connectivity index (χ1) is 14.5. The molecule has 2 fully saturated rings. The van der Waals surface area contributed by atoms with Crippen molar-refractivity contribution in [3.63, 3.8) is 0 Å². The Balaban J connectivity index is 1.85. The molecular weight excluding hydrogens is 396 g/mol. The van der Waals surface area contributed by atoms with Crippen LogP contribution in [0.4, 0.5) is 5.95 Å². The summed E-state index contributed by atoms with van der Waals surface area (Å²) in [6.45, 7) is 1.11. The van der Waals surface area contributed by atoms with Gasteiger partial charge in [-0.15, -0.1) is 0 Å². The normalized spacial score (nSPS) is 27.2. The van der Waals surface area contributed by atoms with E-state index in [-0.39, 0.29) is 22.8 Å². The lowest BCUT2D eigenvalue weighted by Crippen LogP contribution is -2.33. The number of carbonyl (C=O) groups excluding carboxylic acids is 1. The molecule has 3 N–H and O–H groups in total. The van der Waals surface area contributed by atoms with E-state index in [0.29, 0.717) is 6.29 Å². The van der Waals surface area contributed by atoms with Gasteiger partial charge in [0.15, 0.2) is 23.7 Å². The average molecular weight is 418 g/mol. The highest BCUT2D eigenvalue weighted by molar-refractivity contribution is 5.78. The summed E-state index contributed by atoms with van der Waals surface area (Å²) in [5.74, 6) is -0.0962. The zero-order valence-corrected chi connectivity index (χ0v) is 16.0. The molecule has 2 aromatic heterocycles. The first-order valence-corrected chi connectivity index (χ1v) is 9.68. The number of aliphatic hydroxyl groups excluding tert-OH is 3. The van der Waals surface area contributed by atoms with Crippen LogP contribution < -0.4 is 5.56 Å². The number of hydrogen-bond acceptors (Lipinski definition) is 10. The molecule has 0 unspecified atom stereocenters. The zero-order valence-electron chi connectivity index (χ0n) is 16.0. The highest BCUT2D eigenvalue weighted by atomic mass is 16.6. The summed E-state index contributed by atoms with van der Waals surface area (Å²) < 4.78 is 6.86. The van der Waals surface area contributed by atoms with Gasteiger partial charge < -0.3 is 25.0 Å². The van der Waals surface area contributed by atoms with Gasteiger partial charge in [0, 0.05) is 13.1 Å². The Hall–Kier alpha value is -2.80. The number of hydrogen-bond donors (Lipinski definition) is 3. The summed E-state index contributed by atoms with van der Waals surface area (Å²) >= 11 is 0. The van der Waals surface area contributed by atoms with Crippen molar-refractivity contribution in [1.82, 2.24) is 24.4 Å². The number of rotatable bonds is 5. The lowest BCUT2D eigenvalue weighted by Gasteiger charge is -2.24. The molecule has 4 heterocycles. The van der Waals surface area contributed by atoms with Crippen LogP contribution in [0, 0.1) is 0 Å². The SMILES string of the molecule is O=Cc1cnc2c(n1)c(=O)nc(/N=C/N1CCCCC1)n2[C@@H]1O[C@H](CO)[C@@H](O)[C@H]1O. The second kappa shape index (κ2) is 8.52. The van der Waals surface area contributed by atoms with Crippen LogP contribution in [0.5, 0.6) is 0 Å². The quantitative estimate of drug-likeness (QED) is 0.304. The first kappa shape index (κ1) is 20.5. The predicted octanol–water partition coefficient (Wildman–Crippen LogP) is -1.24. The molecule has 30 heavy (non-hydrogen) atoms. The number of fused-ring (bicyclic) bond motifs is 1. The largest absolute Gasteiger partial charge is 0.394 e. The van der Waals surface area contributed by atoms with Gasteiger partial charge in [-0.3, -0.25) is 14.2 Å². The van der Waals surface area contributed by atoms with E-state index in [9.17, 15) is 24.9 Å². The van der Waals surface area contributed by atoms with E-state index >= 15 is 0 Å². The number of carbonyl (C=O) groups is 1. The molecular formula is C18H22N6O6. The van der Waals surface area contributed by atoms with Gasteiger partial charge >= 0.3 is 5.56 Å². The summed E-state index contributed by atoms with van der Waals surface area (Å²) in [5, 5.41) is 30.1. The Bertz CT molecular complexity index is 1020. The maximum atomic E-state index is 12.5. The smallest absolute Gasteiger partial charge is 0.302 e. The third-order valence-corrected chi connectivity index (χ3v) is 5.24. The van der Waals surface area contributed by atoms with E-state index in [2.05, 4.69) is 19.9 Å². The van der Waals surface area contributed by atoms with Crippen LogP contribution in [0.1, 0.15) is 36.0 Å². The monoisotopic (exact) mass is 418 g/mol. The number of aldehydes is 1. The zero-order chi connectivity index (χ0) is 21.3. The molecule has 2 saturated heterocycles. The number of likely N-dealkylation sites (tertiary alicyclic amines) is 1. The molecule has 0 saturated carbocycles. The Morgan fingerprint density at radius 3 is 2.63 bits per heavy atom. The second-order valence-electron chi connectivity index (χ2n) is 7.24. The average Bonchev–Trinajstić information content (AvgIpc) is 3.06. The summed E-state index contributed by atoms with van der Waals surface area (Å²) in [6, 6.07) is 0. The van der Waals surface area contributed by atoms with E-state index in [4.69, 9.17) is 4.74 Å². The summed E-state index contributed by atoms with van der Waals surface area (Å²) in [5.41, 5.74) is -1.01. The van der Waals surface area contributed by atoms with Gasteiger partial charge in [0.2, 0.25) is 5.95 Å². The van der Waals surface area contributed by atoms with Crippen molar-refractivity contribution in [1.29, 1.82) is 0 Å². The van der Waals surface area contributed by atoms with Crippen LogP contribution in [0.2, 0.25) is 0 Å². The fraction of sp³-hybridized carbons (Fsp3) is 0.556. The van der Waals surface area contributed by atoms with Crippen LogP contribution in [0.25, 0.3) is 11.2 Å². The van der Waals surface area contributed by atoms with E-state index in [1.54, 1.807) is 6.34 Å². The minimum Gasteiger partial charge on any atom is -0.394 e. The fourth-order valence-corrected chi connectivity index (χ4v) is 3.65. The number of aliphatic imine (C=N–C) groups is 1. The minimum atomic E-state index is -1.44. The van der Waals surface area contributed by atoms with E-state index in [1.165, 1.54) is 10.8 Å². The van der Waals surface area contributed by atoms with Gasteiger partial charge in [0.25, 0.3) is 0 Å². The molecule has 0 bridgehead atoms. The lowest BCUT2D eigenvalue weighted by molar-refractivity contribution is -0.0506. The summed E-state index contributed by atoms with van der Waals surface area (Å²) in [4.78, 5) is 41.9. The van der Waals surface area contributed by atoms with Crippen LogP contribution in [-0.2, 0) is 4.74 Å². The molecule has 0 aliphatic carbocycles. The summed E-state index contributed by atoms with van der Waals surface area (Å²) in [6.07, 6.45) is 1.31. The predicted molar refractivity (Wildman–Crippen MR) is 104 cm³/mol. The molecule has 4 rings (SSSR count). The van der Waals surface area contributed by atoms with E-state index < -0.39 is 36.7 Å². The molecule has 0 aromatic carbocycles. The van der Waals surface area contributed by atoms with E-state index in [0.717, 1.165) is 32.4 Å². The highest BCUT2D eigenvalue weighted by Crippen LogP contribution is 2.33. The topological polar surface area (TPSA) is 163 Å². The third-order valence-electron chi connectivity index (χ3n) is 5.24. The third kappa shape index (κ3) is 3.69. The van der Waals surface area contributed by atoms with E-state index in [1.807, 2.05) is 4.90 Å². The highest BCUT2D eigenvalue weighted by Gasteiger charge is 2.44. The van der Waals surface area contributed by atoms with Crippen LogP contribution in [0.3, 0.4) is 0 Å². The maximum Gasteiger partial charge on any atom is 0.302 e. The fourth-order valence-electron chi connectivity index (χ4n) is 3.65. The van der Waals surface area contributed by atoms with Crippen LogP contribution in [0.15, 0.2) is 16.0 Å². The molecule has 12 heteroatoms. The van der Waals surface area contributed by atoms with Gasteiger partial charge in [0.05, 0.1) is 19.1 Å². The van der Waals surface area contributed by atoms with Crippen LogP contribution in [-0.4, -0.2) is 90.4 Å². The molecule has 160 valence electrons. The van der Waals surface area contributed by atoms with Gasteiger partial charge in [0.1, 0.15) is 24.0 Å². The van der Waals surface area contributed by atoms with Crippen molar-refractivity contribution in [3.05, 3.63) is 22.2 Å². The Labute approximate surface area is 170 Å². The lowest BCUT2D eigenvalue weighted by atomic mass is 10.1. The Morgan fingerprint density at radius 1 is 1.20 bits per heavy atom. The molecule has 2 aliphatic heterocycles. The Kier molecular flexibility index (Phi) is 5.81. The maximum absolute atomic E-state index is 12.5. The van der Waals surface area contributed by atoms with Gasteiger partial charge in [-0.25, -0.2) is 15.0 Å². The van der Waals surface area contributed by atoms with Crippen molar-refractivity contribution in [2.24, 2.45) is 4.99 Å². The van der Waals surface area contributed by atoms with Gasteiger partial charge in [-0.05, 0) is 19.3 Å².